The minimum Gasteiger partial charge on any atom is -0.490 e. The quantitative estimate of drug-likeness (QED) is 0.306. The van der Waals surface area contributed by atoms with Crippen LogP contribution in [0.1, 0.15) is 18.4 Å². The van der Waals surface area contributed by atoms with E-state index >= 15 is 0 Å². The lowest BCUT2D eigenvalue weighted by atomic mass is 10.2. The summed E-state index contributed by atoms with van der Waals surface area (Å²) in [5.41, 5.74) is 8.18. The minimum atomic E-state index is -0.155. The van der Waals surface area contributed by atoms with E-state index in [4.69, 9.17) is 26.8 Å². The molecule has 0 saturated heterocycles. The molecule has 29 heavy (non-hydrogen) atoms. The lowest BCUT2D eigenvalue weighted by Gasteiger charge is -2.11. The van der Waals surface area contributed by atoms with Crippen LogP contribution in [0.25, 0.3) is 0 Å². The van der Waals surface area contributed by atoms with Crippen LogP contribution in [0.15, 0.2) is 41.4 Å². The number of halogens is 2. The highest BCUT2D eigenvalue weighted by Gasteiger charge is 2.11. The summed E-state index contributed by atoms with van der Waals surface area (Å²) in [7, 11) is 0. The summed E-state index contributed by atoms with van der Waals surface area (Å²) in [6.07, 6.45) is 1.05. The topological polar surface area (TPSA) is 98.0 Å². The van der Waals surface area contributed by atoms with Gasteiger partial charge in [0, 0.05) is 35.3 Å². The van der Waals surface area contributed by atoms with Gasteiger partial charge in [0.25, 0.3) is 0 Å². The van der Waals surface area contributed by atoms with Gasteiger partial charge in [-0.05, 0) is 36.8 Å². The third-order valence-corrected chi connectivity index (χ3v) is 4.59. The number of nitrogens with zero attached hydrogens (tertiary/aromatic N) is 1. The van der Waals surface area contributed by atoms with Crippen molar-refractivity contribution in [2.24, 2.45) is 10.7 Å². The van der Waals surface area contributed by atoms with Crippen molar-refractivity contribution in [3.63, 3.8) is 0 Å². The van der Waals surface area contributed by atoms with Crippen molar-refractivity contribution >= 4 is 58.8 Å². The lowest BCUT2D eigenvalue weighted by Crippen LogP contribution is -2.23. The van der Waals surface area contributed by atoms with Gasteiger partial charge in [0.05, 0.1) is 19.8 Å². The van der Waals surface area contributed by atoms with Crippen molar-refractivity contribution in [3.05, 3.63) is 47.0 Å². The van der Waals surface area contributed by atoms with Crippen molar-refractivity contribution in [2.45, 2.75) is 19.8 Å². The number of nitrogens with one attached hydrogen (secondary N) is 2. The fourth-order valence-electron chi connectivity index (χ4n) is 2.66. The van der Waals surface area contributed by atoms with Crippen LogP contribution in [0.4, 0.5) is 11.4 Å². The number of benzene rings is 2. The lowest BCUT2D eigenvalue weighted by molar-refractivity contribution is -0.116. The molecule has 2 aromatic rings. The fraction of sp³-hybridized carbons (Fsp3) is 0.300. The summed E-state index contributed by atoms with van der Waals surface area (Å²) in [5, 5.41) is 6.44. The van der Waals surface area contributed by atoms with Crippen LogP contribution in [0.3, 0.4) is 0 Å². The van der Waals surface area contributed by atoms with Gasteiger partial charge in [-0.2, -0.15) is 0 Å². The summed E-state index contributed by atoms with van der Waals surface area (Å²) >= 11 is 6.06. The summed E-state index contributed by atoms with van der Waals surface area (Å²) in [6, 6.07) is 10.9. The number of anilines is 2. The molecule has 0 radical (unpaired) electrons. The number of carbonyl (C=O) groups excluding carboxylic acids is 1. The standard InChI is InChI=1S/C20H23ClN4O3.HI/c1-13-15(21)4-2-5-16(13)25-19(26)8-9-23-20(22)24-14-6-7-17-18(12-14)28-11-3-10-27-17;/h2,4-7,12H,3,8-11H2,1H3,(H,25,26)(H3,22,23,24);1H. The van der Waals surface area contributed by atoms with Crippen molar-refractivity contribution in [1.29, 1.82) is 0 Å². The Kier molecular flexibility index (Phi) is 8.84. The molecule has 1 aliphatic heterocycles. The van der Waals surface area contributed by atoms with E-state index in [9.17, 15) is 4.79 Å². The first kappa shape index (κ1) is 23.1. The smallest absolute Gasteiger partial charge is 0.226 e. The number of nitrogens with two attached hydrogens (primary N) is 1. The number of hydrogen-bond acceptors (Lipinski definition) is 4. The zero-order valence-corrected chi connectivity index (χ0v) is 19.1. The van der Waals surface area contributed by atoms with Gasteiger partial charge in [-0.1, -0.05) is 17.7 Å². The first-order valence-electron chi connectivity index (χ1n) is 9.04. The summed E-state index contributed by atoms with van der Waals surface area (Å²) in [6.45, 7) is 3.36. The Bertz CT molecular complexity index is 892. The first-order chi connectivity index (χ1) is 13.5. The molecule has 156 valence electrons. The second kappa shape index (κ2) is 11.1. The Morgan fingerprint density at radius 2 is 1.93 bits per heavy atom. The zero-order chi connectivity index (χ0) is 19.9. The van der Waals surface area contributed by atoms with E-state index in [1.807, 2.05) is 31.2 Å². The number of amides is 1. The number of hydrogen-bond donors (Lipinski definition) is 3. The number of carbonyl (C=O) groups is 1. The number of aliphatic imine (C=N–C) groups is 1. The Morgan fingerprint density at radius 1 is 1.17 bits per heavy atom. The van der Waals surface area contributed by atoms with Gasteiger partial charge in [0.15, 0.2) is 17.5 Å². The van der Waals surface area contributed by atoms with E-state index in [2.05, 4.69) is 15.6 Å². The van der Waals surface area contributed by atoms with E-state index in [-0.39, 0.29) is 48.8 Å². The molecular formula is C20H24ClIN4O3. The van der Waals surface area contributed by atoms with Crippen LogP contribution in [0, 0.1) is 6.92 Å². The number of rotatable bonds is 5. The minimum absolute atomic E-state index is 0. The third kappa shape index (κ3) is 6.67. The molecule has 0 fully saturated rings. The molecule has 1 aliphatic rings. The van der Waals surface area contributed by atoms with Crippen LogP contribution in [-0.2, 0) is 4.79 Å². The molecule has 0 bridgehead atoms. The average Bonchev–Trinajstić information content (AvgIpc) is 2.90. The van der Waals surface area contributed by atoms with Gasteiger partial charge in [-0.3, -0.25) is 9.79 Å². The van der Waals surface area contributed by atoms with Crippen LogP contribution in [0.2, 0.25) is 5.02 Å². The zero-order valence-electron chi connectivity index (χ0n) is 16.0. The highest BCUT2D eigenvalue weighted by molar-refractivity contribution is 14.0. The maximum atomic E-state index is 12.1. The molecule has 3 rings (SSSR count). The molecule has 1 heterocycles. The molecule has 9 heteroatoms. The molecule has 7 nitrogen and oxygen atoms in total. The van der Waals surface area contributed by atoms with Crippen molar-refractivity contribution < 1.29 is 14.3 Å². The molecule has 0 spiro atoms. The van der Waals surface area contributed by atoms with Crippen molar-refractivity contribution in [3.8, 4) is 11.5 Å². The van der Waals surface area contributed by atoms with Crippen molar-refractivity contribution in [2.75, 3.05) is 30.4 Å². The highest BCUT2D eigenvalue weighted by atomic mass is 127. The summed E-state index contributed by atoms with van der Waals surface area (Å²) < 4.78 is 11.2. The third-order valence-electron chi connectivity index (χ3n) is 4.18. The van der Waals surface area contributed by atoms with Gasteiger partial charge >= 0.3 is 0 Å². The molecule has 1 amide bonds. The Morgan fingerprint density at radius 3 is 2.72 bits per heavy atom. The monoisotopic (exact) mass is 530 g/mol. The SMILES string of the molecule is Cc1c(Cl)cccc1NC(=O)CCN=C(N)Nc1ccc2c(c1)OCCCO2.I. The molecule has 0 atom stereocenters. The van der Waals surface area contributed by atoms with Crippen LogP contribution >= 0.6 is 35.6 Å². The fourth-order valence-corrected chi connectivity index (χ4v) is 2.84. The van der Waals surface area contributed by atoms with Gasteiger partial charge in [0.1, 0.15) is 0 Å². The van der Waals surface area contributed by atoms with E-state index in [1.54, 1.807) is 12.1 Å². The molecule has 0 aromatic heterocycles. The Labute approximate surface area is 192 Å². The maximum Gasteiger partial charge on any atom is 0.226 e. The molecular weight excluding hydrogens is 507 g/mol. The summed E-state index contributed by atoms with van der Waals surface area (Å²) in [5.74, 6) is 1.46. The highest BCUT2D eigenvalue weighted by Crippen LogP contribution is 2.32. The number of ether oxygens (including phenoxy) is 2. The van der Waals surface area contributed by atoms with E-state index in [0.717, 1.165) is 17.7 Å². The molecule has 4 N–H and O–H groups in total. The summed E-state index contributed by atoms with van der Waals surface area (Å²) in [4.78, 5) is 16.3. The Balaban J connectivity index is 0.00000300. The van der Waals surface area contributed by atoms with Crippen LogP contribution in [0.5, 0.6) is 11.5 Å². The predicted molar refractivity (Wildman–Crippen MR) is 127 cm³/mol. The molecule has 0 unspecified atom stereocenters. The second-order valence-corrected chi connectivity index (χ2v) is 6.72. The van der Waals surface area contributed by atoms with Gasteiger partial charge in [0.2, 0.25) is 5.91 Å². The molecule has 0 aliphatic carbocycles. The van der Waals surface area contributed by atoms with Crippen LogP contribution in [-0.4, -0.2) is 31.6 Å². The van der Waals surface area contributed by atoms with Gasteiger partial charge in [-0.25, -0.2) is 0 Å². The Hall–Kier alpha value is -2.20. The molecule has 0 saturated carbocycles. The van der Waals surface area contributed by atoms with E-state index in [0.29, 0.717) is 35.4 Å². The van der Waals surface area contributed by atoms with E-state index in [1.165, 1.54) is 0 Å². The largest absolute Gasteiger partial charge is 0.490 e. The number of fused-ring (bicyclic) bond motifs is 1. The predicted octanol–water partition coefficient (Wildman–Crippen LogP) is 4.18. The average molecular weight is 531 g/mol. The molecule has 2 aromatic carbocycles. The normalized spacial score (nSPS) is 13.1. The maximum absolute atomic E-state index is 12.1. The second-order valence-electron chi connectivity index (χ2n) is 6.31. The van der Waals surface area contributed by atoms with E-state index < -0.39 is 0 Å². The van der Waals surface area contributed by atoms with Crippen molar-refractivity contribution in [1.82, 2.24) is 0 Å². The van der Waals surface area contributed by atoms with Gasteiger partial charge in [-0.15, -0.1) is 24.0 Å². The first-order valence-corrected chi connectivity index (χ1v) is 9.42. The van der Waals surface area contributed by atoms with Crippen LogP contribution < -0.4 is 25.8 Å². The number of guanidine groups is 1. The van der Waals surface area contributed by atoms with Gasteiger partial charge < -0.3 is 25.8 Å².